The van der Waals surface area contributed by atoms with E-state index in [1.807, 2.05) is 13.1 Å². The van der Waals surface area contributed by atoms with Gasteiger partial charge in [-0.2, -0.15) is 5.10 Å². The van der Waals surface area contributed by atoms with Crippen LogP contribution in [0.25, 0.3) is 0 Å². The SMILES string of the molecule is CCOC(=O)c1nn(C)cc1CC[C@@H](C)N. The van der Waals surface area contributed by atoms with Gasteiger partial charge in [0.2, 0.25) is 0 Å². The molecule has 5 nitrogen and oxygen atoms in total. The summed E-state index contributed by atoms with van der Waals surface area (Å²) in [6, 6.07) is 0.121. The first-order valence-corrected chi connectivity index (χ1v) is 5.49. The summed E-state index contributed by atoms with van der Waals surface area (Å²) >= 11 is 0. The van der Waals surface area contributed by atoms with Crippen LogP contribution in [0.2, 0.25) is 0 Å². The summed E-state index contributed by atoms with van der Waals surface area (Å²) in [5.41, 5.74) is 7.00. The van der Waals surface area contributed by atoms with Gasteiger partial charge in [0.1, 0.15) is 0 Å². The van der Waals surface area contributed by atoms with Crippen molar-refractivity contribution in [3.63, 3.8) is 0 Å². The first kappa shape index (κ1) is 12.7. The lowest BCUT2D eigenvalue weighted by Gasteiger charge is -2.04. The summed E-state index contributed by atoms with van der Waals surface area (Å²) in [5.74, 6) is -0.359. The lowest BCUT2D eigenvalue weighted by atomic mass is 10.1. The van der Waals surface area contributed by atoms with Crippen molar-refractivity contribution in [3.8, 4) is 0 Å². The molecular formula is C11H19N3O2. The van der Waals surface area contributed by atoms with E-state index in [0.717, 1.165) is 18.4 Å². The normalized spacial score (nSPS) is 12.5. The number of hydrogen-bond acceptors (Lipinski definition) is 4. The number of carbonyl (C=O) groups is 1. The Balaban J connectivity index is 2.78. The molecule has 0 amide bonds. The lowest BCUT2D eigenvalue weighted by Crippen LogP contribution is -2.16. The second-order valence-electron chi connectivity index (χ2n) is 3.91. The van der Waals surface area contributed by atoms with E-state index in [4.69, 9.17) is 10.5 Å². The number of nitrogens with two attached hydrogens (primary N) is 1. The van der Waals surface area contributed by atoms with Crippen LogP contribution in [0.1, 0.15) is 36.3 Å². The number of nitrogens with zero attached hydrogens (tertiary/aromatic N) is 2. The Bertz CT molecular complexity index is 358. The molecule has 1 aromatic heterocycles. The summed E-state index contributed by atoms with van der Waals surface area (Å²) in [4.78, 5) is 11.6. The van der Waals surface area contributed by atoms with Crippen LogP contribution < -0.4 is 5.73 Å². The predicted octanol–water partition coefficient (Wildman–Crippen LogP) is 0.877. The van der Waals surface area contributed by atoms with Crippen LogP contribution in [0.4, 0.5) is 0 Å². The van der Waals surface area contributed by atoms with Gasteiger partial charge in [-0.15, -0.1) is 0 Å². The van der Waals surface area contributed by atoms with Crippen molar-refractivity contribution in [1.29, 1.82) is 0 Å². The molecule has 1 atom stereocenters. The third kappa shape index (κ3) is 3.34. The van der Waals surface area contributed by atoms with Crippen molar-refractivity contribution >= 4 is 5.97 Å². The predicted molar refractivity (Wildman–Crippen MR) is 61.1 cm³/mol. The molecule has 1 rings (SSSR count). The van der Waals surface area contributed by atoms with Crippen molar-refractivity contribution in [2.24, 2.45) is 12.8 Å². The molecule has 0 aliphatic carbocycles. The summed E-state index contributed by atoms with van der Waals surface area (Å²) in [7, 11) is 1.79. The van der Waals surface area contributed by atoms with E-state index < -0.39 is 0 Å². The molecule has 1 aromatic rings. The van der Waals surface area contributed by atoms with E-state index in [1.165, 1.54) is 0 Å². The minimum Gasteiger partial charge on any atom is -0.461 e. The topological polar surface area (TPSA) is 70.1 Å². The van der Waals surface area contributed by atoms with E-state index in [0.29, 0.717) is 12.3 Å². The number of aromatic nitrogens is 2. The molecule has 0 saturated carbocycles. The molecule has 0 radical (unpaired) electrons. The smallest absolute Gasteiger partial charge is 0.359 e. The summed E-state index contributed by atoms with van der Waals surface area (Å²) in [5, 5.41) is 4.11. The van der Waals surface area contributed by atoms with Gasteiger partial charge in [-0.05, 0) is 26.7 Å². The first-order chi connectivity index (χ1) is 7.54. The third-order valence-electron chi connectivity index (χ3n) is 2.24. The van der Waals surface area contributed by atoms with Crippen molar-refractivity contribution in [2.75, 3.05) is 6.61 Å². The average molecular weight is 225 g/mol. The lowest BCUT2D eigenvalue weighted by molar-refractivity contribution is 0.0517. The standard InChI is InChI=1S/C11H19N3O2/c1-4-16-11(15)10-9(6-5-8(2)12)7-14(3)13-10/h7-8H,4-6,12H2,1-3H3/t8-/m1/s1. The fourth-order valence-corrected chi connectivity index (χ4v) is 1.47. The van der Waals surface area contributed by atoms with E-state index in [2.05, 4.69) is 5.10 Å². The molecule has 0 spiro atoms. The Morgan fingerprint density at radius 2 is 2.38 bits per heavy atom. The number of esters is 1. The van der Waals surface area contributed by atoms with Crippen molar-refractivity contribution in [1.82, 2.24) is 9.78 Å². The second kappa shape index (κ2) is 5.65. The molecule has 0 unspecified atom stereocenters. The quantitative estimate of drug-likeness (QED) is 0.755. The highest BCUT2D eigenvalue weighted by Crippen LogP contribution is 2.11. The zero-order valence-electron chi connectivity index (χ0n) is 10.1. The van der Waals surface area contributed by atoms with Crippen LogP contribution in [0.15, 0.2) is 6.20 Å². The Kier molecular flexibility index (Phi) is 4.49. The Hall–Kier alpha value is -1.36. The molecule has 16 heavy (non-hydrogen) atoms. The van der Waals surface area contributed by atoms with E-state index in [1.54, 1.807) is 18.7 Å². The highest BCUT2D eigenvalue weighted by molar-refractivity contribution is 5.88. The van der Waals surface area contributed by atoms with Crippen LogP contribution in [-0.4, -0.2) is 28.4 Å². The van der Waals surface area contributed by atoms with Gasteiger partial charge in [0.25, 0.3) is 0 Å². The van der Waals surface area contributed by atoms with Crippen LogP contribution in [0.5, 0.6) is 0 Å². The average Bonchev–Trinajstić information content (AvgIpc) is 2.57. The van der Waals surface area contributed by atoms with E-state index in [9.17, 15) is 4.79 Å². The number of ether oxygens (including phenoxy) is 1. The summed E-state index contributed by atoms with van der Waals surface area (Å²) in [6.45, 7) is 4.09. The summed E-state index contributed by atoms with van der Waals surface area (Å²) < 4.78 is 6.57. The number of carbonyl (C=O) groups excluding carboxylic acids is 1. The van der Waals surface area contributed by atoms with Crippen molar-refractivity contribution in [2.45, 2.75) is 32.7 Å². The van der Waals surface area contributed by atoms with Gasteiger partial charge in [0.15, 0.2) is 5.69 Å². The maximum Gasteiger partial charge on any atom is 0.359 e. The van der Waals surface area contributed by atoms with Crippen molar-refractivity contribution < 1.29 is 9.53 Å². The molecule has 0 fully saturated rings. The number of hydrogen-bond donors (Lipinski definition) is 1. The van der Waals surface area contributed by atoms with Crippen LogP contribution in [0.3, 0.4) is 0 Å². The van der Waals surface area contributed by atoms with E-state index in [-0.39, 0.29) is 12.0 Å². The molecule has 0 saturated heterocycles. The van der Waals surface area contributed by atoms with Gasteiger partial charge >= 0.3 is 5.97 Å². The largest absolute Gasteiger partial charge is 0.461 e. The van der Waals surface area contributed by atoms with Crippen LogP contribution >= 0.6 is 0 Å². The maximum atomic E-state index is 11.6. The zero-order chi connectivity index (χ0) is 12.1. The first-order valence-electron chi connectivity index (χ1n) is 5.49. The van der Waals surface area contributed by atoms with Crippen molar-refractivity contribution in [3.05, 3.63) is 17.5 Å². The monoisotopic (exact) mass is 225 g/mol. The van der Waals surface area contributed by atoms with E-state index >= 15 is 0 Å². The van der Waals surface area contributed by atoms with Gasteiger partial charge in [-0.1, -0.05) is 0 Å². The highest BCUT2D eigenvalue weighted by atomic mass is 16.5. The molecule has 2 N–H and O–H groups in total. The number of aryl methyl sites for hydroxylation is 2. The maximum absolute atomic E-state index is 11.6. The van der Waals surface area contributed by atoms with Gasteiger partial charge in [-0.3, -0.25) is 4.68 Å². The zero-order valence-corrected chi connectivity index (χ0v) is 10.1. The van der Waals surface area contributed by atoms with Gasteiger partial charge in [0.05, 0.1) is 6.61 Å². The molecule has 0 aliphatic rings. The minimum atomic E-state index is -0.359. The molecule has 5 heteroatoms. The van der Waals surface area contributed by atoms with Gasteiger partial charge in [0, 0.05) is 24.8 Å². The Morgan fingerprint density at radius 3 is 2.94 bits per heavy atom. The summed E-state index contributed by atoms with van der Waals surface area (Å²) in [6.07, 6.45) is 3.42. The van der Waals surface area contributed by atoms with Crippen LogP contribution in [0, 0.1) is 0 Å². The molecular weight excluding hydrogens is 206 g/mol. The molecule has 0 aromatic carbocycles. The number of rotatable bonds is 5. The highest BCUT2D eigenvalue weighted by Gasteiger charge is 2.16. The molecule has 90 valence electrons. The minimum absolute atomic E-state index is 0.121. The Labute approximate surface area is 95.6 Å². The fraction of sp³-hybridized carbons (Fsp3) is 0.636. The second-order valence-corrected chi connectivity index (χ2v) is 3.91. The van der Waals surface area contributed by atoms with Gasteiger partial charge in [-0.25, -0.2) is 4.79 Å². The third-order valence-corrected chi connectivity index (χ3v) is 2.24. The molecule has 0 bridgehead atoms. The molecule has 0 aliphatic heterocycles. The van der Waals surface area contributed by atoms with Crippen LogP contribution in [-0.2, 0) is 18.2 Å². The molecule has 1 heterocycles. The van der Waals surface area contributed by atoms with Gasteiger partial charge < -0.3 is 10.5 Å². The Morgan fingerprint density at radius 1 is 1.69 bits per heavy atom. The fourth-order valence-electron chi connectivity index (χ4n) is 1.47.